The zero-order valence-electron chi connectivity index (χ0n) is 17.6. The monoisotopic (exact) mass is 467 g/mol. The predicted molar refractivity (Wildman–Crippen MR) is 114 cm³/mol. The summed E-state index contributed by atoms with van der Waals surface area (Å²) >= 11 is -0.148. The van der Waals surface area contributed by atoms with E-state index in [1.54, 1.807) is 24.1 Å². The number of methoxy groups -OCH3 is 1. The normalized spacial score (nSPS) is 18.8. The maximum atomic E-state index is 12.9. The second-order valence-electron chi connectivity index (χ2n) is 7.90. The van der Waals surface area contributed by atoms with Crippen molar-refractivity contribution in [3.63, 3.8) is 0 Å². The maximum absolute atomic E-state index is 12.9. The van der Waals surface area contributed by atoms with Gasteiger partial charge in [-0.05, 0) is 53.7 Å². The Kier molecular flexibility index (Phi) is 6.69. The highest BCUT2D eigenvalue weighted by atomic mass is 32.2. The average molecular weight is 468 g/mol. The van der Waals surface area contributed by atoms with Gasteiger partial charge < -0.3 is 19.1 Å². The van der Waals surface area contributed by atoms with Crippen LogP contribution in [0.3, 0.4) is 0 Å². The van der Waals surface area contributed by atoms with Gasteiger partial charge in [0.05, 0.1) is 13.2 Å². The van der Waals surface area contributed by atoms with Crippen molar-refractivity contribution in [2.45, 2.75) is 35.0 Å². The summed E-state index contributed by atoms with van der Waals surface area (Å²) in [6.45, 7) is 2.13. The van der Waals surface area contributed by atoms with Crippen LogP contribution >= 0.6 is 11.8 Å². The van der Waals surface area contributed by atoms with Gasteiger partial charge in [-0.25, -0.2) is 0 Å². The minimum atomic E-state index is -4.31. The number of halogens is 3. The number of piperidine rings is 1. The molecule has 0 saturated carbocycles. The third kappa shape index (κ3) is 5.22. The Morgan fingerprint density at radius 1 is 1.06 bits per heavy atom. The van der Waals surface area contributed by atoms with Gasteiger partial charge in [-0.1, -0.05) is 12.1 Å². The zero-order chi connectivity index (χ0) is 22.8. The fraction of sp³-hybridized carbons (Fsp3) is 0.435. The summed E-state index contributed by atoms with van der Waals surface area (Å²) in [7, 11) is 1.66. The van der Waals surface area contributed by atoms with Gasteiger partial charge >= 0.3 is 5.51 Å². The highest BCUT2D eigenvalue weighted by Crippen LogP contribution is 2.37. The topological polar surface area (TPSA) is 48.0 Å². The van der Waals surface area contributed by atoms with E-state index in [0.29, 0.717) is 50.5 Å². The van der Waals surface area contributed by atoms with Crippen molar-refractivity contribution in [2.75, 3.05) is 33.4 Å². The second-order valence-corrected chi connectivity index (χ2v) is 9.04. The number of carbonyl (C=O) groups is 1. The van der Waals surface area contributed by atoms with Gasteiger partial charge in [-0.3, -0.25) is 4.79 Å². The van der Waals surface area contributed by atoms with Crippen molar-refractivity contribution >= 4 is 17.7 Å². The molecule has 0 bridgehead atoms. The Labute approximate surface area is 188 Å². The van der Waals surface area contributed by atoms with Gasteiger partial charge in [0.2, 0.25) is 0 Å². The first kappa shape index (κ1) is 22.9. The van der Waals surface area contributed by atoms with Crippen LogP contribution in [0, 0.1) is 0 Å². The summed E-state index contributed by atoms with van der Waals surface area (Å²) in [6.07, 6.45) is 1.24. The number of amides is 1. The molecule has 172 valence electrons. The number of hydrogen-bond donors (Lipinski definition) is 0. The van der Waals surface area contributed by atoms with Crippen LogP contribution in [0.1, 0.15) is 28.8 Å². The third-order valence-electron chi connectivity index (χ3n) is 5.81. The number of nitrogens with zero attached hydrogens (tertiary/aromatic N) is 1. The lowest BCUT2D eigenvalue weighted by Gasteiger charge is -2.40. The number of hydrogen-bond acceptors (Lipinski definition) is 5. The van der Waals surface area contributed by atoms with Crippen LogP contribution in [0.15, 0.2) is 53.4 Å². The number of alkyl halides is 3. The summed E-state index contributed by atoms with van der Waals surface area (Å²) in [5, 5.41) is 0. The molecule has 0 atom stereocenters. The molecule has 0 aromatic heterocycles. The molecular formula is C23H24F3NO4S. The lowest BCUT2D eigenvalue weighted by molar-refractivity contribution is -0.202. The van der Waals surface area contributed by atoms with Crippen LogP contribution in [0.2, 0.25) is 0 Å². The van der Waals surface area contributed by atoms with Gasteiger partial charge in [0, 0.05) is 43.5 Å². The van der Waals surface area contributed by atoms with Crippen molar-refractivity contribution in [2.24, 2.45) is 0 Å². The van der Waals surface area contributed by atoms with Crippen LogP contribution in [0.5, 0.6) is 5.75 Å². The van der Waals surface area contributed by atoms with Gasteiger partial charge in [0.15, 0.2) is 0 Å². The van der Waals surface area contributed by atoms with Gasteiger partial charge in [0.25, 0.3) is 5.91 Å². The first-order valence-corrected chi connectivity index (χ1v) is 11.1. The lowest BCUT2D eigenvalue weighted by atomic mass is 9.91. The molecule has 2 fully saturated rings. The van der Waals surface area contributed by atoms with E-state index in [2.05, 4.69) is 0 Å². The van der Waals surface area contributed by atoms with E-state index in [1.165, 1.54) is 12.1 Å². The van der Waals surface area contributed by atoms with Crippen molar-refractivity contribution in [3.05, 3.63) is 59.7 Å². The smallest absolute Gasteiger partial charge is 0.446 e. The molecule has 5 nitrogen and oxygen atoms in total. The minimum absolute atomic E-state index is 0.0279. The molecule has 4 rings (SSSR count). The summed E-state index contributed by atoms with van der Waals surface area (Å²) < 4.78 is 54.1. The van der Waals surface area contributed by atoms with Gasteiger partial charge in [-0.15, -0.1) is 0 Å². The summed E-state index contributed by atoms with van der Waals surface area (Å²) in [4.78, 5) is 14.8. The van der Waals surface area contributed by atoms with E-state index in [0.717, 1.165) is 5.56 Å². The second kappa shape index (κ2) is 9.33. The van der Waals surface area contributed by atoms with E-state index in [-0.39, 0.29) is 28.7 Å². The highest BCUT2D eigenvalue weighted by Gasteiger charge is 2.40. The number of thioether (sulfide) groups is 1. The highest BCUT2D eigenvalue weighted by molar-refractivity contribution is 8.00. The molecule has 0 aliphatic carbocycles. The number of rotatable bonds is 6. The molecule has 2 saturated heterocycles. The van der Waals surface area contributed by atoms with E-state index in [1.807, 2.05) is 24.3 Å². The van der Waals surface area contributed by atoms with Crippen LogP contribution in [0.4, 0.5) is 13.2 Å². The lowest BCUT2D eigenvalue weighted by Crippen LogP contribution is -2.48. The number of benzene rings is 2. The van der Waals surface area contributed by atoms with Gasteiger partial charge in [-0.2, -0.15) is 13.2 Å². The summed E-state index contributed by atoms with van der Waals surface area (Å²) in [5.74, 6) is 0.504. The fourth-order valence-corrected chi connectivity index (χ4v) is 4.42. The molecule has 2 aliphatic rings. The Bertz CT molecular complexity index is 916. The molecule has 2 aliphatic heterocycles. The molecule has 2 heterocycles. The SMILES string of the molecule is COC1(c2ccc(C(=O)N3CCC(Oc4ccc(SC(F)(F)F)cc4)CC3)cc2)COC1. The molecule has 0 spiro atoms. The average Bonchev–Trinajstić information content (AvgIpc) is 2.74. The molecule has 0 unspecified atom stereocenters. The minimum Gasteiger partial charge on any atom is -0.490 e. The Balaban J connectivity index is 1.28. The van der Waals surface area contributed by atoms with Crippen molar-refractivity contribution in [3.8, 4) is 5.75 Å². The predicted octanol–water partition coefficient (Wildman–Crippen LogP) is 4.85. The number of carbonyl (C=O) groups excluding carboxylic acids is 1. The van der Waals surface area contributed by atoms with E-state index in [4.69, 9.17) is 14.2 Å². The Hall–Kier alpha value is -2.23. The van der Waals surface area contributed by atoms with Crippen LogP contribution < -0.4 is 4.74 Å². The molecular weight excluding hydrogens is 443 g/mol. The zero-order valence-corrected chi connectivity index (χ0v) is 18.4. The van der Waals surface area contributed by atoms with Gasteiger partial charge in [0.1, 0.15) is 17.5 Å². The van der Waals surface area contributed by atoms with E-state index >= 15 is 0 Å². The first-order chi connectivity index (χ1) is 15.3. The maximum Gasteiger partial charge on any atom is 0.446 e. The molecule has 0 N–H and O–H groups in total. The van der Waals surface area contributed by atoms with Crippen LogP contribution in [0.25, 0.3) is 0 Å². The molecule has 1 amide bonds. The first-order valence-electron chi connectivity index (χ1n) is 10.3. The number of likely N-dealkylation sites (tertiary alicyclic amines) is 1. The van der Waals surface area contributed by atoms with Crippen molar-refractivity contribution in [1.82, 2.24) is 4.90 Å². The number of ether oxygens (including phenoxy) is 3. The van der Waals surface area contributed by atoms with E-state index in [9.17, 15) is 18.0 Å². The molecule has 32 heavy (non-hydrogen) atoms. The fourth-order valence-electron chi connectivity index (χ4n) is 3.88. The Morgan fingerprint density at radius 2 is 1.69 bits per heavy atom. The largest absolute Gasteiger partial charge is 0.490 e. The molecule has 2 aromatic rings. The Morgan fingerprint density at radius 3 is 2.19 bits per heavy atom. The molecule has 2 aromatic carbocycles. The quantitative estimate of drug-likeness (QED) is 0.569. The van der Waals surface area contributed by atoms with Crippen molar-refractivity contribution < 1.29 is 32.2 Å². The van der Waals surface area contributed by atoms with E-state index < -0.39 is 11.1 Å². The summed E-state index contributed by atoms with van der Waals surface area (Å²) in [6, 6.07) is 13.4. The van der Waals surface area contributed by atoms with Crippen LogP contribution in [-0.4, -0.2) is 55.8 Å². The molecule has 0 radical (unpaired) electrons. The standard InChI is InChI=1S/C23H24F3NO4S/c1-29-22(14-30-15-22)17-4-2-16(3-5-17)21(28)27-12-10-19(11-13-27)31-18-6-8-20(9-7-18)32-23(24,25)26/h2-9,19H,10-15H2,1H3. The third-order valence-corrected chi connectivity index (χ3v) is 6.55. The molecule has 9 heteroatoms. The van der Waals surface area contributed by atoms with Crippen LogP contribution in [-0.2, 0) is 15.1 Å². The van der Waals surface area contributed by atoms with Crippen molar-refractivity contribution in [1.29, 1.82) is 0 Å². The summed E-state index contributed by atoms with van der Waals surface area (Å²) in [5.41, 5.74) is -3.10.